The molecule has 0 saturated carbocycles. The minimum atomic E-state index is -1.14. The predicted octanol–water partition coefficient (Wildman–Crippen LogP) is -0.497. The van der Waals surface area contributed by atoms with E-state index >= 15 is 0 Å². The molecule has 1 fully saturated rings. The zero-order valence-electron chi connectivity index (χ0n) is 5.64. The Morgan fingerprint density at radius 2 is 2.44 bits per heavy atom. The first kappa shape index (κ1) is 6.55. The van der Waals surface area contributed by atoms with Crippen LogP contribution in [-0.4, -0.2) is 23.2 Å². The van der Waals surface area contributed by atoms with Gasteiger partial charge in [0, 0.05) is 12.5 Å². The maximum Gasteiger partial charge on any atom is 0.252 e. The van der Waals surface area contributed by atoms with Gasteiger partial charge in [0.05, 0.1) is 0 Å². The summed E-state index contributed by atoms with van der Waals surface area (Å²) in [5.41, 5.74) is -1.14. The van der Waals surface area contributed by atoms with Crippen LogP contribution in [0.5, 0.6) is 0 Å². The summed E-state index contributed by atoms with van der Waals surface area (Å²) in [5, 5.41) is 11.9. The van der Waals surface area contributed by atoms with Gasteiger partial charge < -0.3 is 10.4 Å². The SMILES string of the molecule is CC1CNC(=O)C1(C)O. The summed E-state index contributed by atoms with van der Waals surface area (Å²) in [7, 11) is 0. The standard InChI is InChI=1S/C6H11NO2/c1-4-3-7-5(8)6(4,2)9/h4,9H,3H2,1-2H3,(H,7,8). The third kappa shape index (κ3) is 0.812. The zero-order valence-corrected chi connectivity index (χ0v) is 5.64. The molecule has 0 aromatic carbocycles. The van der Waals surface area contributed by atoms with Gasteiger partial charge in [-0.1, -0.05) is 6.92 Å². The number of hydrogen-bond donors (Lipinski definition) is 2. The smallest absolute Gasteiger partial charge is 0.252 e. The van der Waals surface area contributed by atoms with Crippen molar-refractivity contribution in [3.05, 3.63) is 0 Å². The van der Waals surface area contributed by atoms with Crippen molar-refractivity contribution in [1.29, 1.82) is 0 Å². The Labute approximate surface area is 54.1 Å². The van der Waals surface area contributed by atoms with E-state index in [0.717, 1.165) is 0 Å². The lowest BCUT2D eigenvalue weighted by atomic mass is 9.95. The second-order valence-corrected chi connectivity index (χ2v) is 2.76. The van der Waals surface area contributed by atoms with E-state index in [1.807, 2.05) is 6.92 Å². The first-order valence-electron chi connectivity index (χ1n) is 3.06. The summed E-state index contributed by atoms with van der Waals surface area (Å²) >= 11 is 0. The minimum Gasteiger partial charge on any atom is -0.380 e. The molecule has 1 saturated heterocycles. The molecule has 2 N–H and O–H groups in total. The number of aliphatic hydroxyl groups is 1. The molecule has 1 rings (SSSR count). The third-order valence-corrected chi connectivity index (χ3v) is 1.99. The molecule has 3 nitrogen and oxygen atoms in total. The van der Waals surface area contributed by atoms with Gasteiger partial charge in [-0.25, -0.2) is 0 Å². The van der Waals surface area contributed by atoms with Crippen LogP contribution in [0.4, 0.5) is 0 Å². The highest BCUT2D eigenvalue weighted by molar-refractivity contribution is 5.86. The van der Waals surface area contributed by atoms with Gasteiger partial charge in [-0.2, -0.15) is 0 Å². The molecule has 0 aromatic heterocycles. The first-order valence-corrected chi connectivity index (χ1v) is 3.06. The molecule has 2 unspecified atom stereocenters. The Balaban J connectivity index is 2.78. The second-order valence-electron chi connectivity index (χ2n) is 2.76. The largest absolute Gasteiger partial charge is 0.380 e. The third-order valence-electron chi connectivity index (χ3n) is 1.99. The number of nitrogens with one attached hydrogen (secondary N) is 1. The van der Waals surface area contributed by atoms with Crippen molar-refractivity contribution >= 4 is 5.91 Å². The summed E-state index contributed by atoms with van der Waals surface area (Å²) in [4.78, 5) is 10.7. The Kier molecular flexibility index (Phi) is 1.24. The lowest BCUT2D eigenvalue weighted by Crippen LogP contribution is -2.37. The van der Waals surface area contributed by atoms with E-state index in [4.69, 9.17) is 0 Å². The van der Waals surface area contributed by atoms with E-state index < -0.39 is 5.60 Å². The summed E-state index contributed by atoms with van der Waals surface area (Å²) in [6.07, 6.45) is 0. The lowest BCUT2D eigenvalue weighted by Gasteiger charge is -2.16. The Hall–Kier alpha value is -0.570. The molecular weight excluding hydrogens is 118 g/mol. The average molecular weight is 129 g/mol. The van der Waals surface area contributed by atoms with E-state index in [2.05, 4.69) is 5.32 Å². The summed E-state index contributed by atoms with van der Waals surface area (Å²) in [6.45, 7) is 3.98. The fourth-order valence-electron chi connectivity index (χ4n) is 0.847. The molecule has 1 aliphatic rings. The molecule has 0 bridgehead atoms. The van der Waals surface area contributed by atoms with Crippen LogP contribution in [0.15, 0.2) is 0 Å². The number of carbonyl (C=O) groups is 1. The van der Waals surface area contributed by atoms with E-state index in [1.165, 1.54) is 0 Å². The average Bonchev–Trinajstić information content (AvgIpc) is 1.96. The fourth-order valence-corrected chi connectivity index (χ4v) is 0.847. The molecule has 9 heavy (non-hydrogen) atoms. The Bertz CT molecular complexity index is 142. The number of rotatable bonds is 0. The number of amides is 1. The lowest BCUT2D eigenvalue weighted by molar-refractivity contribution is -0.135. The molecule has 1 heterocycles. The van der Waals surface area contributed by atoms with Crippen LogP contribution in [-0.2, 0) is 4.79 Å². The van der Waals surface area contributed by atoms with Crippen molar-refractivity contribution in [3.63, 3.8) is 0 Å². The highest BCUT2D eigenvalue weighted by Crippen LogP contribution is 2.20. The molecule has 1 aliphatic heterocycles. The van der Waals surface area contributed by atoms with Crippen molar-refractivity contribution in [2.24, 2.45) is 5.92 Å². The van der Waals surface area contributed by atoms with Crippen LogP contribution in [0.1, 0.15) is 13.8 Å². The normalized spacial score (nSPS) is 43.0. The zero-order chi connectivity index (χ0) is 7.07. The maximum atomic E-state index is 10.7. The van der Waals surface area contributed by atoms with Gasteiger partial charge in [0.25, 0.3) is 5.91 Å². The van der Waals surface area contributed by atoms with Crippen LogP contribution in [0.3, 0.4) is 0 Å². The highest BCUT2D eigenvalue weighted by Gasteiger charge is 2.41. The fraction of sp³-hybridized carbons (Fsp3) is 0.833. The van der Waals surface area contributed by atoms with Crippen LogP contribution >= 0.6 is 0 Å². The van der Waals surface area contributed by atoms with Crippen molar-refractivity contribution in [2.45, 2.75) is 19.4 Å². The molecule has 0 radical (unpaired) electrons. The van der Waals surface area contributed by atoms with Gasteiger partial charge in [-0.05, 0) is 6.92 Å². The quantitative estimate of drug-likeness (QED) is 0.463. The number of carbonyl (C=O) groups excluding carboxylic acids is 1. The van der Waals surface area contributed by atoms with Crippen molar-refractivity contribution < 1.29 is 9.90 Å². The summed E-state index contributed by atoms with van der Waals surface area (Å²) in [6, 6.07) is 0. The monoisotopic (exact) mass is 129 g/mol. The molecule has 2 atom stereocenters. The van der Waals surface area contributed by atoms with E-state index in [0.29, 0.717) is 6.54 Å². The van der Waals surface area contributed by atoms with E-state index in [9.17, 15) is 9.90 Å². The molecule has 52 valence electrons. The van der Waals surface area contributed by atoms with Crippen LogP contribution in [0.25, 0.3) is 0 Å². The highest BCUT2D eigenvalue weighted by atomic mass is 16.3. The molecule has 0 aromatic rings. The first-order chi connectivity index (χ1) is 4.05. The van der Waals surface area contributed by atoms with Crippen LogP contribution in [0, 0.1) is 5.92 Å². The molecule has 0 aliphatic carbocycles. The van der Waals surface area contributed by atoms with Crippen molar-refractivity contribution in [3.8, 4) is 0 Å². The van der Waals surface area contributed by atoms with Crippen molar-refractivity contribution in [1.82, 2.24) is 5.32 Å². The van der Waals surface area contributed by atoms with Gasteiger partial charge in [-0.3, -0.25) is 4.79 Å². The minimum absolute atomic E-state index is 0.0324. The van der Waals surface area contributed by atoms with Gasteiger partial charge in [0.15, 0.2) is 0 Å². The molecule has 1 amide bonds. The van der Waals surface area contributed by atoms with Gasteiger partial charge in [0.2, 0.25) is 0 Å². The van der Waals surface area contributed by atoms with Crippen LogP contribution < -0.4 is 5.32 Å². The summed E-state index contributed by atoms with van der Waals surface area (Å²) < 4.78 is 0. The van der Waals surface area contributed by atoms with Gasteiger partial charge >= 0.3 is 0 Å². The maximum absolute atomic E-state index is 10.7. The van der Waals surface area contributed by atoms with E-state index in [1.54, 1.807) is 6.92 Å². The van der Waals surface area contributed by atoms with Crippen molar-refractivity contribution in [2.75, 3.05) is 6.54 Å². The number of hydrogen-bond acceptors (Lipinski definition) is 2. The Morgan fingerprint density at radius 3 is 2.56 bits per heavy atom. The van der Waals surface area contributed by atoms with Crippen LogP contribution in [0.2, 0.25) is 0 Å². The predicted molar refractivity (Wildman–Crippen MR) is 32.8 cm³/mol. The topological polar surface area (TPSA) is 49.3 Å². The van der Waals surface area contributed by atoms with Gasteiger partial charge in [0.1, 0.15) is 5.60 Å². The van der Waals surface area contributed by atoms with Gasteiger partial charge in [-0.15, -0.1) is 0 Å². The molecule has 3 heteroatoms. The molecule has 0 spiro atoms. The summed E-state index contributed by atoms with van der Waals surface area (Å²) in [5.74, 6) is -0.222. The second kappa shape index (κ2) is 1.70. The Morgan fingerprint density at radius 1 is 1.89 bits per heavy atom. The van der Waals surface area contributed by atoms with E-state index in [-0.39, 0.29) is 11.8 Å². The molecular formula is C6H11NO2.